The Labute approximate surface area is 215 Å². The summed E-state index contributed by atoms with van der Waals surface area (Å²) in [5.41, 5.74) is -2.28. The first-order chi connectivity index (χ1) is 17.8. The summed E-state index contributed by atoms with van der Waals surface area (Å²) < 4.78 is 81.9. The van der Waals surface area contributed by atoms with Crippen LogP contribution in [-0.4, -0.2) is 38.8 Å². The quantitative estimate of drug-likeness (QED) is 0.336. The van der Waals surface area contributed by atoms with Gasteiger partial charge in [0.15, 0.2) is 0 Å². The number of hydrogen-bond donors (Lipinski definition) is 0. The first kappa shape index (κ1) is 27.3. The van der Waals surface area contributed by atoms with Gasteiger partial charge in [0.05, 0.1) is 17.7 Å². The molecule has 0 aliphatic heterocycles. The maximum Gasteiger partial charge on any atom is 0.416 e. The molecule has 0 radical (unpaired) electrons. The van der Waals surface area contributed by atoms with Crippen LogP contribution in [0.2, 0.25) is 0 Å². The van der Waals surface area contributed by atoms with Gasteiger partial charge in [0.1, 0.15) is 6.54 Å². The van der Waals surface area contributed by atoms with Crippen molar-refractivity contribution in [1.82, 2.24) is 14.4 Å². The van der Waals surface area contributed by atoms with Gasteiger partial charge in [-0.3, -0.25) is 9.59 Å². The summed E-state index contributed by atoms with van der Waals surface area (Å²) in [6.45, 7) is -0.0661. The van der Waals surface area contributed by atoms with Crippen LogP contribution in [0, 0.1) is 0 Å². The highest BCUT2D eigenvalue weighted by molar-refractivity contribution is 5.97. The van der Waals surface area contributed by atoms with Crippen LogP contribution in [0.1, 0.15) is 45.6 Å². The SMILES string of the molecule is Cn1cccc1CN(Cc1ccccc1)C(=O)CN(C(=O)c1cc(C(F)(F)F)cc(C(F)(F)F)c1)C1CC1. The summed E-state index contributed by atoms with van der Waals surface area (Å²) in [5.74, 6) is -1.52. The smallest absolute Gasteiger partial charge is 0.353 e. The molecule has 3 aromatic rings. The van der Waals surface area contributed by atoms with Gasteiger partial charge in [-0.2, -0.15) is 26.3 Å². The van der Waals surface area contributed by atoms with Crippen molar-refractivity contribution in [3.8, 4) is 0 Å². The van der Waals surface area contributed by atoms with Crippen LogP contribution < -0.4 is 0 Å². The number of aromatic nitrogens is 1. The van der Waals surface area contributed by atoms with Crippen molar-refractivity contribution in [2.24, 2.45) is 7.05 Å². The van der Waals surface area contributed by atoms with Crippen molar-refractivity contribution in [2.45, 2.75) is 44.3 Å². The molecule has 11 heteroatoms. The molecular weight excluding hydrogens is 512 g/mol. The number of benzene rings is 2. The fourth-order valence-corrected chi connectivity index (χ4v) is 4.14. The van der Waals surface area contributed by atoms with E-state index in [4.69, 9.17) is 0 Å². The van der Waals surface area contributed by atoms with Crippen LogP contribution in [0.3, 0.4) is 0 Å². The third kappa shape index (κ3) is 6.56. The number of nitrogens with zero attached hydrogens (tertiary/aromatic N) is 3. The van der Waals surface area contributed by atoms with Crippen LogP contribution in [0.5, 0.6) is 0 Å². The summed E-state index contributed by atoms with van der Waals surface area (Å²) in [6.07, 6.45) is -7.36. The minimum absolute atomic E-state index is 0.0230. The first-order valence-electron chi connectivity index (χ1n) is 11.9. The highest BCUT2D eigenvalue weighted by Gasteiger charge is 2.40. The zero-order valence-electron chi connectivity index (χ0n) is 20.4. The van der Waals surface area contributed by atoms with E-state index in [2.05, 4.69) is 0 Å². The van der Waals surface area contributed by atoms with Gasteiger partial charge in [0.2, 0.25) is 5.91 Å². The number of halogens is 6. The Kier molecular flexibility index (Phi) is 7.57. The van der Waals surface area contributed by atoms with Crippen molar-refractivity contribution in [1.29, 1.82) is 0 Å². The second-order valence-corrected chi connectivity index (χ2v) is 9.30. The van der Waals surface area contributed by atoms with Crippen LogP contribution >= 0.6 is 0 Å². The molecule has 2 amide bonds. The molecule has 0 saturated heterocycles. The second kappa shape index (κ2) is 10.5. The Morgan fingerprint density at radius 3 is 1.97 bits per heavy atom. The van der Waals surface area contributed by atoms with E-state index in [1.54, 1.807) is 0 Å². The molecule has 4 rings (SSSR count). The van der Waals surface area contributed by atoms with Crippen molar-refractivity contribution in [3.63, 3.8) is 0 Å². The van der Waals surface area contributed by atoms with E-state index in [0.29, 0.717) is 25.0 Å². The lowest BCUT2D eigenvalue weighted by Gasteiger charge is -2.28. The minimum atomic E-state index is -5.09. The van der Waals surface area contributed by atoms with Crippen LogP contribution in [0.15, 0.2) is 66.9 Å². The standard InChI is InChI=1S/C27H25F6N3O2/c1-34-11-5-8-23(34)16-35(15-18-6-3-2-4-7-18)24(37)17-36(22-9-10-22)25(38)19-12-20(26(28,29)30)14-21(13-19)27(31,32)33/h2-8,11-14,22H,9-10,15-17H2,1H3. The van der Waals surface area contributed by atoms with Crippen LogP contribution in [0.25, 0.3) is 0 Å². The van der Waals surface area contributed by atoms with E-state index in [1.807, 2.05) is 60.3 Å². The molecule has 1 aliphatic rings. The number of aryl methyl sites for hydroxylation is 1. The maximum atomic E-state index is 13.5. The Balaban J connectivity index is 1.63. The third-order valence-corrected chi connectivity index (χ3v) is 6.36. The van der Waals surface area contributed by atoms with Gasteiger partial charge in [0.25, 0.3) is 5.91 Å². The molecule has 1 heterocycles. The molecule has 1 aromatic heterocycles. The van der Waals surface area contributed by atoms with E-state index >= 15 is 0 Å². The number of alkyl halides is 6. The Morgan fingerprint density at radius 2 is 1.47 bits per heavy atom. The minimum Gasteiger partial charge on any atom is -0.353 e. The predicted octanol–water partition coefficient (Wildman–Crippen LogP) is 5.90. The second-order valence-electron chi connectivity index (χ2n) is 9.30. The molecule has 38 heavy (non-hydrogen) atoms. The summed E-state index contributed by atoms with van der Waals surface area (Å²) >= 11 is 0. The molecule has 0 N–H and O–H groups in total. The lowest BCUT2D eigenvalue weighted by molar-refractivity contribution is -0.143. The van der Waals surface area contributed by atoms with E-state index in [9.17, 15) is 35.9 Å². The zero-order chi connectivity index (χ0) is 27.7. The van der Waals surface area contributed by atoms with Gasteiger partial charge in [-0.15, -0.1) is 0 Å². The molecule has 1 aliphatic carbocycles. The number of amides is 2. The normalized spacial score (nSPS) is 13.9. The predicted molar refractivity (Wildman–Crippen MR) is 127 cm³/mol. The van der Waals surface area contributed by atoms with Gasteiger partial charge >= 0.3 is 12.4 Å². The summed E-state index contributed by atoms with van der Waals surface area (Å²) in [6, 6.07) is 13.1. The molecule has 5 nitrogen and oxygen atoms in total. The van der Waals surface area contributed by atoms with Crippen molar-refractivity contribution < 1.29 is 35.9 Å². The summed E-state index contributed by atoms with van der Waals surface area (Å²) in [5, 5.41) is 0. The van der Waals surface area contributed by atoms with E-state index in [0.717, 1.165) is 16.2 Å². The fraction of sp³-hybridized carbons (Fsp3) is 0.333. The third-order valence-electron chi connectivity index (χ3n) is 6.36. The zero-order valence-corrected chi connectivity index (χ0v) is 20.4. The molecular formula is C27H25F6N3O2. The van der Waals surface area contributed by atoms with E-state index < -0.39 is 53.4 Å². The van der Waals surface area contributed by atoms with Gasteiger partial charge in [-0.05, 0) is 48.7 Å². The number of carbonyl (C=O) groups is 2. The van der Waals surface area contributed by atoms with Crippen molar-refractivity contribution >= 4 is 11.8 Å². The van der Waals surface area contributed by atoms with E-state index in [1.165, 1.54) is 4.90 Å². The van der Waals surface area contributed by atoms with Gasteiger partial charge in [-0.25, -0.2) is 0 Å². The van der Waals surface area contributed by atoms with Crippen LogP contribution in [-0.2, 0) is 37.3 Å². The average molecular weight is 538 g/mol. The highest BCUT2D eigenvalue weighted by atomic mass is 19.4. The Hall–Kier alpha value is -3.76. The molecule has 0 bridgehead atoms. The molecule has 1 saturated carbocycles. The van der Waals surface area contributed by atoms with Crippen LogP contribution in [0.4, 0.5) is 26.3 Å². The summed E-state index contributed by atoms with van der Waals surface area (Å²) in [4.78, 5) is 29.4. The molecule has 0 spiro atoms. The molecule has 0 unspecified atom stereocenters. The maximum absolute atomic E-state index is 13.5. The molecule has 2 aromatic carbocycles. The van der Waals surface area contributed by atoms with Crippen molar-refractivity contribution in [3.05, 3.63) is 94.8 Å². The largest absolute Gasteiger partial charge is 0.416 e. The lowest BCUT2D eigenvalue weighted by Crippen LogP contribution is -2.43. The monoisotopic (exact) mass is 537 g/mol. The average Bonchev–Trinajstić information content (AvgIpc) is 3.62. The van der Waals surface area contributed by atoms with Crippen molar-refractivity contribution in [2.75, 3.05) is 6.54 Å². The number of rotatable bonds is 8. The fourth-order valence-electron chi connectivity index (χ4n) is 4.14. The van der Waals surface area contributed by atoms with Gasteiger partial charge in [-0.1, -0.05) is 30.3 Å². The molecule has 1 fully saturated rings. The number of carbonyl (C=O) groups excluding carboxylic acids is 2. The highest BCUT2D eigenvalue weighted by Crippen LogP contribution is 2.37. The van der Waals surface area contributed by atoms with E-state index in [-0.39, 0.29) is 19.2 Å². The van der Waals surface area contributed by atoms with Gasteiger partial charge < -0.3 is 14.4 Å². The molecule has 202 valence electrons. The lowest BCUT2D eigenvalue weighted by atomic mass is 10.0. The topological polar surface area (TPSA) is 45.6 Å². The Morgan fingerprint density at radius 1 is 0.868 bits per heavy atom. The first-order valence-corrected chi connectivity index (χ1v) is 11.9. The summed E-state index contributed by atoms with van der Waals surface area (Å²) in [7, 11) is 1.81. The van der Waals surface area contributed by atoms with Gasteiger partial charge in [0, 0.05) is 37.1 Å². The molecule has 0 atom stereocenters. The number of hydrogen-bond acceptors (Lipinski definition) is 2. The Bertz CT molecular complexity index is 1260.